The van der Waals surface area contributed by atoms with Crippen molar-refractivity contribution in [2.45, 2.75) is 24.7 Å². The van der Waals surface area contributed by atoms with Crippen LogP contribution in [0, 0.1) is 17.7 Å². The summed E-state index contributed by atoms with van der Waals surface area (Å²) in [4.78, 5) is 11.5. The fourth-order valence-corrected chi connectivity index (χ4v) is 2.78. The Hall–Kier alpha value is -1.14. The smallest absolute Gasteiger partial charge is 0.261 e. The van der Waals surface area contributed by atoms with Gasteiger partial charge in [0.25, 0.3) is 15.0 Å². The normalized spacial score (nSPS) is 16.8. The largest absolute Gasteiger partial charge is 0.352 e. The first-order chi connectivity index (χ1) is 9.29. The van der Waals surface area contributed by atoms with Gasteiger partial charge in [-0.05, 0) is 42.9 Å². The molecule has 1 aliphatic carbocycles. The Bertz CT molecular complexity index is 629. The van der Waals surface area contributed by atoms with E-state index in [1.54, 1.807) is 0 Å². The highest BCUT2D eigenvalue weighted by Crippen LogP contribution is 2.36. The van der Waals surface area contributed by atoms with E-state index in [-0.39, 0.29) is 10.5 Å². The number of nitrogens with one attached hydrogen (secondary N) is 1. The zero-order valence-electron chi connectivity index (χ0n) is 10.9. The Morgan fingerprint density at radius 1 is 1.50 bits per heavy atom. The molecule has 1 aromatic carbocycles. The van der Waals surface area contributed by atoms with E-state index >= 15 is 0 Å². The van der Waals surface area contributed by atoms with Gasteiger partial charge in [0.05, 0.1) is 10.5 Å². The maximum atomic E-state index is 13.7. The van der Waals surface area contributed by atoms with Crippen molar-refractivity contribution in [1.82, 2.24) is 5.32 Å². The van der Waals surface area contributed by atoms with Crippen LogP contribution in [0.15, 0.2) is 23.1 Å². The predicted octanol–water partition coefficient (Wildman–Crippen LogP) is 2.53. The van der Waals surface area contributed by atoms with E-state index in [1.807, 2.05) is 6.92 Å². The van der Waals surface area contributed by atoms with Gasteiger partial charge in [-0.2, -0.15) is 0 Å². The van der Waals surface area contributed by atoms with E-state index in [0.29, 0.717) is 18.4 Å². The van der Waals surface area contributed by atoms with Crippen LogP contribution >= 0.6 is 10.7 Å². The minimum absolute atomic E-state index is 0.183. The molecule has 1 amide bonds. The van der Waals surface area contributed by atoms with Crippen LogP contribution in [0.3, 0.4) is 0 Å². The molecule has 1 atom stereocenters. The average molecular weight is 320 g/mol. The molecule has 4 nitrogen and oxygen atoms in total. The Kier molecular flexibility index (Phi) is 4.34. The van der Waals surface area contributed by atoms with Crippen LogP contribution in [0.4, 0.5) is 4.39 Å². The Morgan fingerprint density at radius 2 is 2.15 bits per heavy atom. The maximum Gasteiger partial charge on any atom is 0.261 e. The molecular formula is C13H15ClFNO3S. The minimum Gasteiger partial charge on any atom is -0.352 e. The van der Waals surface area contributed by atoms with Crippen LogP contribution in [0.25, 0.3) is 0 Å². The summed E-state index contributed by atoms with van der Waals surface area (Å²) < 4.78 is 35.9. The molecule has 1 aliphatic rings. The van der Waals surface area contributed by atoms with E-state index in [9.17, 15) is 17.6 Å². The van der Waals surface area contributed by atoms with Crippen molar-refractivity contribution >= 4 is 25.6 Å². The lowest BCUT2D eigenvalue weighted by Crippen LogP contribution is -2.29. The van der Waals surface area contributed by atoms with Crippen molar-refractivity contribution < 1.29 is 17.6 Å². The summed E-state index contributed by atoms with van der Waals surface area (Å²) in [6, 6.07) is 2.99. The number of hydrogen-bond donors (Lipinski definition) is 1. The first-order valence-electron chi connectivity index (χ1n) is 6.31. The Morgan fingerprint density at radius 3 is 2.65 bits per heavy atom. The standard InChI is InChI=1S/C13H15ClFNO3S/c1-8(9-2-3-9)7-16-13(17)11-5-4-10(6-12(11)15)20(14,18)19/h4-6,8-9H,2-3,7H2,1H3,(H,16,17). The third-order valence-corrected chi connectivity index (χ3v) is 4.83. The van der Waals surface area contributed by atoms with Gasteiger partial charge in [-0.3, -0.25) is 4.79 Å². The topological polar surface area (TPSA) is 63.2 Å². The highest BCUT2D eigenvalue weighted by Gasteiger charge is 2.28. The second-order valence-electron chi connectivity index (χ2n) is 5.10. The molecule has 1 aromatic rings. The summed E-state index contributed by atoms with van der Waals surface area (Å²) in [5.41, 5.74) is -0.183. The molecule has 1 fully saturated rings. The molecule has 0 bridgehead atoms. The maximum absolute atomic E-state index is 13.7. The lowest BCUT2D eigenvalue weighted by molar-refractivity contribution is 0.0942. The fourth-order valence-electron chi connectivity index (χ4n) is 2.01. The lowest BCUT2D eigenvalue weighted by Gasteiger charge is -2.12. The molecule has 1 N–H and O–H groups in total. The van der Waals surface area contributed by atoms with Gasteiger partial charge in [0.2, 0.25) is 0 Å². The number of halogens is 2. The third-order valence-electron chi connectivity index (χ3n) is 3.48. The van der Waals surface area contributed by atoms with Gasteiger partial charge in [0.15, 0.2) is 0 Å². The van der Waals surface area contributed by atoms with Crippen LogP contribution in [0.5, 0.6) is 0 Å². The summed E-state index contributed by atoms with van der Waals surface area (Å²) in [6.45, 7) is 2.52. The summed E-state index contributed by atoms with van der Waals surface area (Å²) in [6.07, 6.45) is 2.35. The van der Waals surface area contributed by atoms with Crippen molar-refractivity contribution in [3.63, 3.8) is 0 Å². The molecule has 2 rings (SSSR count). The quantitative estimate of drug-likeness (QED) is 0.848. The number of benzene rings is 1. The van der Waals surface area contributed by atoms with Crippen molar-refractivity contribution in [2.24, 2.45) is 11.8 Å². The first kappa shape index (κ1) is 15.3. The molecule has 110 valence electrons. The summed E-state index contributed by atoms with van der Waals surface area (Å²) in [5.74, 6) is -0.440. The molecule has 0 spiro atoms. The van der Waals surface area contributed by atoms with Gasteiger partial charge in [-0.25, -0.2) is 12.8 Å². The Labute approximate surface area is 121 Å². The minimum atomic E-state index is -4.00. The molecule has 1 unspecified atom stereocenters. The molecule has 0 aliphatic heterocycles. The molecule has 0 heterocycles. The average Bonchev–Trinajstić information content (AvgIpc) is 3.18. The molecule has 0 aromatic heterocycles. The zero-order chi connectivity index (χ0) is 14.9. The van der Waals surface area contributed by atoms with Crippen LogP contribution in [0.2, 0.25) is 0 Å². The first-order valence-corrected chi connectivity index (χ1v) is 8.62. The molecule has 20 heavy (non-hydrogen) atoms. The second kappa shape index (κ2) is 5.69. The van der Waals surface area contributed by atoms with Gasteiger partial charge in [0, 0.05) is 17.2 Å². The second-order valence-corrected chi connectivity index (χ2v) is 7.67. The highest BCUT2D eigenvalue weighted by atomic mass is 35.7. The molecule has 7 heteroatoms. The van der Waals surface area contributed by atoms with Gasteiger partial charge < -0.3 is 5.32 Å². The fraction of sp³-hybridized carbons (Fsp3) is 0.462. The van der Waals surface area contributed by atoms with Gasteiger partial charge in [0.1, 0.15) is 5.82 Å². The molecular weight excluding hydrogens is 305 g/mol. The van der Waals surface area contributed by atoms with Crippen molar-refractivity contribution in [3.05, 3.63) is 29.6 Å². The number of carbonyl (C=O) groups is 1. The highest BCUT2D eigenvalue weighted by molar-refractivity contribution is 8.13. The molecule has 0 saturated heterocycles. The summed E-state index contributed by atoms with van der Waals surface area (Å²) >= 11 is 0. The van der Waals surface area contributed by atoms with Gasteiger partial charge in [-0.15, -0.1) is 0 Å². The van der Waals surface area contributed by atoms with Gasteiger partial charge in [-0.1, -0.05) is 6.92 Å². The Balaban J connectivity index is 2.06. The zero-order valence-corrected chi connectivity index (χ0v) is 12.5. The lowest BCUT2D eigenvalue weighted by atomic mass is 10.1. The van der Waals surface area contributed by atoms with E-state index in [1.165, 1.54) is 12.8 Å². The van der Waals surface area contributed by atoms with E-state index in [4.69, 9.17) is 10.7 Å². The van der Waals surface area contributed by atoms with Crippen molar-refractivity contribution in [3.8, 4) is 0 Å². The van der Waals surface area contributed by atoms with E-state index in [2.05, 4.69) is 5.32 Å². The van der Waals surface area contributed by atoms with Crippen molar-refractivity contribution in [2.75, 3.05) is 6.54 Å². The van der Waals surface area contributed by atoms with Crippen molar-refractivity contribution in [1.29, 1.82) is 0 Å². The molecule has 1 saturated carbocycles. The summed E-state index contributed by atoms with van der Waals surface area (Å²) in [7, 11) is 1.12. The van der Waals surface area contributed by atoms with Crippen LogP contribution in [0.1, 0.15) is 30.1 Å². The predicted molar refractivity (Wildman–Crippen MR) is 73.7 cm³/mol. The van der Waals surface area contributed by atoms with Crippen LogP contribution in [-0.2, 0) is 9.05 Å². The third kappa shape index (κ3) is 3.70. The summed E-state index contributed by atoms with van der Waals surface area (Å²) in [5, 5.41) is 2.66. The number of hydrogen-bond acceptors (Lipinski definition) is 3. The van der Waals surface area contributed by atoms with Gasteiger partial charge >= 0.3 is 0 Å². The number of amides is 1. The van der Waals surface area contributed by atoms with E-state index in [0.717, 1.165) is 18.2 Å². The number of rotatable bonds is 5. The van der Waals surface area contributed by atoms with Crippen LogP contribution in [-0.4, -0.2) is 20.9 Å². The number of carbonyl (C=O) groups excluding carboxylic acids is 1. The monoisotopic (exact) mass is 319 g/mol. The SMILES string of the molecule is CC(CNC(=O)c1ccc(S(=O)(=O)Cl)cc1F)C1CC1. The van der Waals surface area contributed by atoms with E-state index < -0.39 is 20.8 Å². The molecule has 0 radical (unpaired) electrons. The van der Waals surface area contributed by atoms with Crippen LogP contribution < -0.4 is 5.32 Å².